The van der Waals surface area contributed by atoms with Crippen molar-refractivity contribution in [3.63, 3.8) is 0 Å². The lowest BCUT2D eigenvalue weighted by molar-refractivity contribution is 1.12. The fourth-order valence-corrected chi connectivity index (χ4v) is 1.02. The number of nitrogens with zero attached hydrogens (tertiary/aromatic N) is 1. The molecule has 0 aliphatic heterocycles. The van der Waals surface area contributed by atoms with Crippen molar-refractivity contribution < 1.29 is 0 Å². The van der Waals surface area contributed by atoms with E-state index < -0.39 is 0 Å². The van der Waals surface area contributed by atoms with Crippen LogP contribution in [0.4, 0.5) is 0 Å². The lowest BCUT2D eigenvalue weighted by Gasteiger charge is -2.03. The molecule has 0 amide bonds. The van der Waals surface area contributed by atoms with E-state index in [-0.39, 0.29) is 0 Å². The Morgan fingerprint density at radius 3 is 2.46 bits per heavy atom. The summed E-state index contributed by atoms with van der Waals surface area (Å²) in [7, 11) is 0. The lowest BCUT2D eigenvalue weighted by Crippen LogP contribution is -2.01. The largest absolute Gasteiger partial charge is 0.326 e. The maximum Gasteiger partial charge on any atom is 0.0380 e. The molecule has 13 heavy (non-hydrogen) atoms. The molecule has 2 heteroatoms. The van der Waals surface area contributed by atoms with Crippen LogP contribution < -0.4 is 5.73 Å². The van der Waals surface area contributed by atoms with E-state index in [1.807, 2.05) is 35.2 Å². The number of allylic oxidation sites excluding steroid dienone is 2. The van der Waals surface area contributed by atoms with Crippen LogP contribution in [0.25, 0.3) is 5.70 Å². The summed E-state index contributed by atoms with van der Waals surface area (Å²) in [6.07, 6.45) is 7.55. The molecule has 68 valence electrons. The van der Waals surface area contributed by atoms with Crippen LogP contribution in [-0.4, -0.2) is 11.1 Å². The molecule has 0 radical (unpaired) electrons. The monoisotopic (exact) mass is 174 g/mol. The zero-order valence-corrected chi connectivity index (χ0v) is 7.61. The molecule has 1 aromatic rings. The van der Waals surface area contributed by atoms with E-state index in [0.717, 1.165) is 11.3 Å². The maximum absolute atomic E-state index is 5.50. The average Bonchev–Trinajstić information content (AvgIpc) is 2.66. The van der Waals surface area contributed by atoms with Gasteiger partial charge in [-0.2, -0.15) is 0 Å². The first kappa shape index (κ1) is 9.55. The van der Waals surface area contributed by atoms with Gasteiger partial charge in [0.1, 0.15) is 0 Å². The third-order valence-electron chi connectivity index (χ3n) is 1.79. The molecule has 0 unspecified atom stereocenters. The Morgan fingerprint density at radius 1 is 1.38 bits per heavy atom. The Labute approximate surface area is 78.7 Å². The Balaban J connectivity index is 2.80. The number of aromatic nitrogens is 1. The van der Waals surface area contributed by atoms with E-state index >= 15 is 0 Å². The zero-order valence-electron chi connectivity index (χ0n) is 7.61. The van der Waals surface area contributed by atoms with Gasteiger partial charge < -0.3 is 10.3 Å². The SMILES string of the molecule is C=C/C(=C\C(=C)n1cccc1)CN. The van der Waals surface area contributed by atoms with Crippen molar-refractivity contribution in [1.82, 2.24) is 4.57 Å². The summed E-state index contributed by atoms with van der Waals surface area (Å²) >= 11 is 0. The number of hydrogen-bond donors (Lipinski definition) is 1. The number of rotatable bonds is 4. The standard InChI is InChI=1S/C11H14N2/c1-3-11(9-12)8-10(2)13-6-4-5-7-13/h3-8H,1-2,9,12H2/b11-8+. The molecule has 2 nitrogen and oxygen atoms in total. The molecule has 0 spiro atoms. The zero-order chi connectivity index (χ0) is 9.68. The second-order valence-electron chi connectivity index (χ2n) is 2.71. The van der Waals surface area contributed by atoms with Crippen LogP contribution in [-0.2, 0) is 0 Å². The third kappa shape index (κ3) is 2.46. The van der Waals surface area contributed by atoms with Crippen LogP contribution in [0.2, 0.25) is 0 Å². The van der Waals surface area contributed by atoms with Gasteiger partial charge in [0, 0.05) is 24.6 Å². The van der Waals surface area contributed by atoms with Crippen molar-refractivity contribution in [3.05, 3.63) is 55.4 Å². The van der Waals surface area contributed by atoms with E-state index in [0.29, 0.717) is 6.54 Å². The first-order valence-electron chi connectivity index (χ1n) is 4.13. The summed E-state index contributed by atoms with van der Waals surface area (Å²) in [6.45, 7) is 8.07. The number of hydrogen-bond acceptors (Lipinski definition) is 1. The highest BCUT2D eigenvalue weighted by Crippen LogP contribution is 2.07. The van der Waals surface area contributed by atoms with Gasteiger partial charge in [0.05, 0.1) is 0 Å². The summed E-state index contributed by atoms with van der Waals surface area (Å²) in [5.74, 6) is 0. The molecule has 0 atom stereocenters. The normalized spacial score (nSPS) is 11.3. The minimum atomic E-state index is 0.490. The lowest BCUT2D eigenvalue weighted by atomic mass is 10.2. The molecular weight excluding hydrogens is 160 g/mol. The summed E-state index contributed by atoms with van der Waals surface area (Å²) < 4.78 is 1.93. The molecule has 1 rings (SSSR count). The molecule has 1 aromatic heterocycles. The van der Waals surface area contributed by atoms with Gasteiger partial charge in [0.2, 0.25) is 0 Å². The highest BCUT2D eigenvalue weighted by molar-refractivity contribution is 5.57. The quantitative estimate of drug-likeness (QED) is 0.696. The van der Waals surface area contributed by atoms with Gasteiger partial charge in [-0.05, 0) is 23.8 Å². The molecule has 0 aromatic carbocycles. The van der Waals surface area contributed by atoms with Crippen LogP contribution in [0.5, 0.6) is 0 Å². The van der Waals surface area contributed by atoms with Crippen molar-refractivity contribution in [1.29, 1.82) is 0 Å². The van der Waals surface area contributed by atoms with Gasteiger partial charge in [-0.15, -0.1) is 0 Å². The molecule has 0 saturated carbocycles. The molecule has 2 N–H and O–H groups in total. The van der Waals surface area contributed by atoms with Crippen LogP contribution in [0, 0.1) is 0 Å². The first-order chi connectivity index (χ1) is 6.27. The van der Waals surface area contributed by atoms with Crippen LogP contribution in [0.1, 0.15) is 0 Å². The molecule has 0 saturated heterocycles. The van der Waals surface area contributed by atoms with Crippen molar-refractivity contribution >= 4 is 5.70 Å². The van der Waals surface area contributed by atoms with E-state index in [1.54, 1.807) is 6.08 Å². The highest BCUT2D eigenvalue weighted by Gasteiger charge is 1.92. The maximum atomic E-state index is 5.50. The average molecular weight is 174 g/mol. The van der Waals surface area contributed by atoms with Gasteiger partial charge in [0.15, 0.2) is 0 Å². The summed E-state index contributed by atoms with van der Waals surface area (Å²) in [5.41, 5.74) is 7.37. The number of nitrogens with two attached hydrogens (primary N) is 1. The van der Waals surface area contributed by atoms with E-state index in [9.17, 15) is 0 Å². The van der Waals surface area contributed by atoms with E-state index in [4.69, 9.17) is 5.73 Å². The van der Waals surface area contributed by atoms with Crippen molar-refractivity contribution in [2.24, 2.45) is 5.73 Å². The summed E-state index contributed by atoms with van der Waals surface area (Å²) in [6, 6.07) is 3.91. The van der Waals surface area contributed by atoms with Crippen molar-refractivity contribution in [3.8, 4) is 0 Å². The molecule has 0 aliphatic rings. The molecule has 0 fully saturated rings. The summed E-state index contributed by atoms with van der Waals surface area (Å²) in [4.78, 5) is 0. The second kappa shape index (κ2) is 4.48. The van der Waals surface area contributed by atoms with Crippen LogP contribution in [0.15, 0.2) is 55.4 Å². The first-order valence-corrected chi connectivity index (χ1v) is 4.13. The van der Waals surface area contributed by atoms with Gasteiger partial charge >= 0.3 is 0 Å². The fourth-order valence-electron chi connectivity index (χ4n) is 1.02. The van der Waals surface area contributed by atoms with E-state index in [1.165, 1.54) is 0 Å². The van der Waals surface area contributed by atoms with Gasteiger partial charge in [-0.3, -0.25) is 0 Å². The molecule has 0 aliphatic carbocycles. The van der Waals surface area contributed by atoms with E-state index in [2.05, 4.69) is 13.2 Å². The predicted octanol–water partition coefficient (Wildman–Crippen LogP) is 2.03. The van der Waals surface area contributed by atoms with Gasteiger partial charge in [-0.1, -0.05) is 19.2 Å². The third-order valence-corrected chi connectivity index (χ3v) is 1.79. The summed E-state index contributed by atoms with van der Waals surface area (Å²) in [5, 5.41) is 0. The second-order valence-corrected chi connectivity index (χ2v) is 2.71. The van der Waals surface area contributed by atoms with Crippen LogP contribution >= 0.6 is 0 Å². The minimum absolute atomic E-state index is 0.490. The minimum Gasteiger partial charge on any atom is -0.326 e. The Morgan fingerprint density at radius 2 is 2.00 bits per heavy atom. The fraction of sp³-hybridized carbons (Fsp3) is 0.0909. The Bertz CT molecular complexity index is 318. The van der Waals surface area contributed by atoms with Crippen molar-refractivity contribution in [2.45, 2.75) is 0 Å². The Kier molecular flexibility index (Phi) is 3.29. The molecule has 0 bridgehead atoms. The smallest absolute Gasteiger partial charge is 0.0380 e. The highest BCUT2D eigenvalue weighted by atomic mass is 14.9. The van der Waals surface area contributed by atoms with Gasteiger partial charge in [-0.25, -0.2) is 0 Å². The Hall–Kier alpha value is -1.54. The molecular formula is C11H14N2. The molecule has 1 heterocycles. The van der Waals surface area contributed by atoms with Crippen LogP contribution in [0.3, 0.4) is 0 Å². The van der Waals surface area contributed by atoms with Crippen molar-refractivity contribution in [2.75, 3.05) is 6.54 Å². The predicted molar refractivity (Wildman–Crippen MR) is 57.1 cm³/mol. The topological polar surface area (TPSA) is 30.9 Å². The van der Waals surface area contributed by atoms with Gasteiger partial charge in [0.25, 0.3) is 0 Å².